The fourth-order valence-electron chi connectivity index (χ4n) is 15.8. The van der Waals surface area contributed by atoms with Gasteiger partial charge in [-0.2, -0.15) is 0 Å². The molecule has 10 fully saturated rings. The minimum Gasteiger partial charge on any atom is -0.464 e. The minimum absolute atomic E-state index is 0.0670. The number of morpholine rings is 1. The van der Waals surface area contributed by atoms with E-state index in [-0.39, 0.29) is 81.4 Å². The zero-order valence-corrected chi connectivity index (χ0v) is 75.2. The standard InChI is InChI=1S/C15H25F2NO2.C14H23F2NO3.C14H23F2NO2.2C12H23NO2.2C11H21NO2/c1-15(16,17)11-20-14(19)12-7-3-4-8-13(12)18-9-5-2-6-10-18;1-14(15,16)10-20-13(18)11-4-2-3-5-12(11)17-6-8-19-9-7-17;1-14(15,16)10-19-13(18)11-6-2-3-7-12(11)17-8-4-5-9-17;2*1-12(2,3)10-15-11(14)9-13-7-5-4-6-8-13;2*1-11(2,3)9-14-10(13)8-12-6-4-5-7-12/h12-13H,2-11H2,1H3;11-12H,2-10H2,1H3;11-12H,2-10H2,1H3;2*4-10H2,1-3H3;2*4-9H2,1-3H3. The number of piperidine rings is 3. The van der Waals surface area contributed by atoms with E-state index >= 15 is 0 Å². The smallest absolute Gasteiger partial charge is 0.320 e. The molecule has 7 saturated heterocycles. The normalized spacial score (nSPS) is 24.0. The van der Waals surface area contributed by atoms with Crippen molar-refractivity contribution in [2.45, 2.75) is 313 Å². The molecule has 22 nitrogen and oxygen atoms in total. The third-order valence-corrected chi connectivity index (χ3v) is 21.9. The SMILES string of the molecule is CC(C)(C)COC(=O)CN1CCCC1.CC(C)(C)COC(=O)CN1CCCC1.CC(C)(C)COC(=O)CN1CCCCC1.CC(C)(C)COC(=O)CN1CCCCC1.CC(F)(F)COC(=O)C1CCCCC1N1CCCC1.CC(F)(F)COC(=O)C1CCCCC1N1CCCCC1.CC(F)(F)COC(=O)C1CCCCC1N1CCOCC1. The van der Waals surface area contributed by atoms with Crippen LogP contribution in [0.25, 0.3) is 0 Å². The van der Waals surface area contributed by atoms with Crippen molar-refractivity contribution in [1.82, 2.24) is 34.3 Å². The van der Waals surface area contributed by atoms with E-state index in [0.717, 1.165) is 189 Å². The van der Waals surface area contributed by atoms with Gasteiger partial charge in [0.2, 0.25) is 0 Å². The van der Waals surface area contributed by atoms with E-state index in [4.69, 9.17) is 37.9 Å². The molecule has 6 unspecified atom stereocenters. The fourth-order valence-corrected chi connectivity index (χ4v) is 15.8. The van der Waals surface area contributed by atoms with E-state index in [1.807, 2.05) is 0 Å². The topological polar surface area (TPSA) is 216 Å². The van der Waals surface area contributed by atoms with Crippen LogP contribution in [0.15, 0.2) is 0 Å². The second-order valence-electron chi connectivity index (χ2n) is 39.4. The van der Waals surface area contributed by atoms with Gasteiger partial charge in [0.25, 0.3) is 17.8 Å². The van der Waals surface area contributed by atoms with Gasteiger partial charge in [-0.1, -0.05) is 141 Å². The lowest BCUT2D eigenvalue weighted by Crippen LogP contribution is -2.50. The van der Waals surface area contributed by atoms with Crippen LogP contribution in [0.1, 0.15) is 277 Å². The summed E-state index contributed by atoms with van der Waals surface area (Å²) in [6.07, 6.45) is 29.7. The third-order valence-electron chi connectivity index (χ3n) is 21.9. The van der Waals surface area contributed by atoms with Crippen LogP contribution in [0.2, 0.25) is 0 Å². The Morgan fingerprint density at radius 2 is 0.453 bits per heavy atom. The summed E-state index contributed by atoms with van der Waals surface area (Å²) in [5.74, 6) is -11.2. The lowest BCUT2D eigenvalue weighted by Gasteiger charge is -2.40. The monoisotopic (exact) mass is 1680 g/mol. The first kappa shape index (κ1) is 105. The van der Waals surface area contributed by atoms with Gasteiger partial charge < -0.3 is 37.9 Å². The first-order valence-electron chi connectivity index (χ1n) is 44.8. The fraction of sp³-hybridized carbons (Fsp3) is 0.921. The number of hydrogen-bond donors (Lipinski definition) is 0. The Labute approximate surface area is 700 Å². The zero-order chi connectivity index (χ0) is 86.9. The second kappa shape index (κ2) is 53.6. The molecule has 682 valence electrons. The quantitative estimate of drug-likeness (QED) is 0.0499. The molecule has 0 aromatic heterocycles. The van der Waals surface area contributed by atoms with E-state index in [2.05, 4.69) is 117 Å². The summed E-state index contributed by atoms with van der Waals surface area (Å²) >= 11 is 0. The summed E-state index contributed by atoms with van der Waals surface area (Å²) in [6, 6.07) is 0.516. The number of esters is 7. The highest BCUT2D eigenvalue weighted by Gasteiger charge is 2.41. The van der Waals surface area contributed by atoms with Crippen LogP contribution in [0.5, 0.6) is 0 Å². The van der Waals surface area contributed by atoms with E-state index in [1.165, 1.54) is 96.3 Å². The van der Waals surface area contributed by atoms with E-state index in [9.17, 15) is 59.9 Å². The van der Waals surface area contributed by atoms with Crippen molar-refractivity contribution < 1.29 is 97.8 Å². The molecule has 0 aromatic rings. The molecule has 3 saturated carbocycles. The highest BCUT2D eigenvalue weighted by molar-refractivity contribution is 5.75. The average molecular weight is 1680 g/mol. The van der Waals surface area contributed by atoms with Crippen molar-refractivity contribution in [3.05, 3.63) is 0 Å². The van der Waals surface area contributed by atoms with Crippen LogP contribution >= 0.6 is 0 Å². The molecular formula is C89H159F6N7O15. The van der Waals surface area contributed by atoms with E-state index < -0.39 is 55.5 Å². The predicted octanol–water partition coefficient (Wildman–Crippen LogP) is 15.6. The molecule has 7 heterocycles. The van der Waals surface area contributed by atoms with E-state index in [0.29, 0.717) is 65.8 Å². The molecule has 28 heteroatoms. The van der Waals surface area contributed by atoms with Crippen LogP contribution in [0.3, 0.4) is 0 Å². The maximum atomic E-state index is 12.8. The number of alkyl halides is 6. The number of hydrogen-bond acceptors (Lipinski definition) is 22. The van der Waals surface area contributed by atoms with Gasteiger partial charge in [0, 0.05) is 52.0 Å². The van der Waals surface area contributed by atoms with Crippen LogP contribution < -0.4 is 0 Å². The Hall–Kier alpha value is -4.45. The van der Waals surface area contributed by atoms with Crippen molar-refractivity contribution in [3.8, 4) is 0 Å². The summed E-state index contributed by atoms with van der Waals surface area (Å²) in [6.45, 7) is 44.1. The molecule has 7 aliphatic heterocycles. The van der Waals surface area contributed by atoms with Crippen LogP contribution in [0, 0.1) is 39.4 Å². The molecule has 3 aliphatic carbocycles. The summed E-state index contributed by atoms with van der Waals surface area (Å²) in [5.41, 5.74) is 0.274. The van der Waals surface area contributed by atoms with Crippen molar-refractivity contribution in [2.24, 2.45) is 39.4 Å². The van der Waals surface area contributed by atoms with Gasteiger partial charge in [0.05, 0.1) is 83.6 Å². The number of halogens is 6. The Morgan fingerprint density at radius 1 is 0.256 bits per heavy atom. The minimum atomic E-state index is -2.96. The van der Waals surface area contributed by atoms with Crippen LogP contribution in [-0.4, -0.2) is 289 Å². The Balaban J connectivity index is 0.000000289. The van der Waals surface area contributed by atoms with Crippen molar-refractivity contribution in [1.29, 1.82) is 0 Å². The summed E-state index contributed by atoms with van der Waals surface area (Å²) in [7, 11) is 0. The predicted molar refractivity (Wildman–Crippen MR) is 444 cm³/mol. The number of likely N-dealkylation sites (tertiary alicyclic amines) is 6. The van der Waals surface area contributed by atoms with Crippen molar-refractivity contribution in [3.63, 3.8) is 0 Å². The van der Waals surface area contributed by atoms with Crippen LogP contribution in [0.4, 0.5) is 26.3 Å². The average Bonchev–Trinajstić information content (AvgIpc) is 1.68. The number of rotatable bonds is 24. The highest BCUT2D eigenvalue weighted by Crippen LogP contribution is 2.35. The number of nitrogens with zero attached hydrogens (tertiary/aromatic N) is 7. The number of ether oxygens (including phenoxy) is 8. The first-order valence-corrected chi connectivity index (χ1v) is 44.8. The lowest BCUT2D eigenvalue weighted by molar-refractivity contribution is -0.163. The van der Waals surface area contributed by atoms with Crippen LogP contribution in [-0.2, 0) is 71.5 Å². The van der Waals surface area contributed by atoms with Crippen molar-refractivity contribution in [2.75, 3.05) is 177 Å². The molecule has 0 N–H and O–H groups in total. The second-order valence-corrected chi connectivity index (χ2v) is 39.4. The summed E-state index contributed by atoms with van der Waals surface area (Å²) < 4.78 is 117. The van der Waals surface area contributed by atoms with Gasteiger partial charge in [0.1, 0.15) is 0 Å². The molecule has 0 spiro atoms. The maximum Gasteiger partial charge on any atom is 0.320 e. The zero-order valence-electron chi connectivity index (χ0n) is 75.2. The van der Waals surface area contributed by atoms with E-state index in [1.54, 1.807) is 0 Å². The van der Waals surface area contributed by atoms with Crippen molar-refractivity contribution >= 4 is 41.8 Å². The third kappa shape index (κ3) is 50.0. The van der Waals surface area contributed by atoms with Gasteiger partial charge in [-0.15, -0.1) is 0 Å². The van der Waals surface area contributed by atoms with Gasteiger partial charge >= 0.3 is 41.8 Å². The lowest BCUT2D eigenvalue weighted by atomic mass is 9.82. The number of carbonyl (C=O) groups excluding carboxylic acids is 7. The maximum absolute atomic E-state index is 12.8. The molecule has 10 rings (SSSR count). The van der Waals surface area contributed by atoms with Gasteiger partial charge in [0.15, 0.2) is 19.8 Å². The van der Waals surface area contributed by atoms with Gasteiger partial charge in [-0.25, -0.2) is 26.3 Å². The summed E-state index contributed by atoms with van der Waals surface area (Å²) in [5, 5.41) is 0. The highest BCUT2D eigenvalue weighted by atomic mass is 19.3. The van der Waals surface area contributed by atoms with Gasteiger partial charge in [-0.3, -0.25) is 67.9 Å². The number of carbonyl (C=O) groups is 7. The molecule has 0 aromatic carbocycles. The summed E-state index contributed by atoms with van der Waals surface area (Å²) in [4.78, 5) is 97.6. The largest absolute Gasteiger partial charge is 0.464 e. The molecule has 0 amide bonds. The first-order chi connectivity index (χ1) is 54.8. The Morgan fingerprint density at radius 3 is 0.675 bits per heavy atom. The Kier molecular flexibility index (Phi) is 48.0. The molecule has 0 bridgehead atoms. The molecular weight excluding hydrogens is 1520 g/mol. The molecule has 10 aliphatic rings. The molecule has 6 atom stereocenters. The molecule has 0 radical (unpaired) electrons. The Bertz CT molecular complexity index is 2630. The van der Waals surface area contributed by atoms with Gasteiger partial charge in [-0.05, 0) is 216 Å². The molecule has 117 heavy (non-hydrogen) atoms.